The van der Waals surface area contributed by atoms with E-state index in [2.05, 4.69) is 6.92 Å². The van der Waals surface area contributed by atoms with Gasteiger partial charge in [-0.2, -0.15) is 0 Å². The van der Waals surface area contributed by atoms with Crippen LogP contribution in [0, 0.1) is 5.92 Å². The quantitative estimate of drug-likeness (QED) is 0.864. The van der Waals surface area contributed by atoms with Gasteiger partial charge in [0.25, 0.3) is 0 Å². The predicted molar refractivity (Wildman–Crippen MR) is 78.8 cm³/mol. The van der Waals surface area contributed by atoms with Crippen LogP contribution in [0.1, 0.15) is 57.6 Å². The van der Waals surface area contributed by atoms with Crippen LogP contribution in [-0.2, 0) is 0 Å². The van der Waals surface area contributed by atoms with Crippen LogP contribution in [0.3, 0.4) is 0 Å². The molecule has 2 nitrogen and oxygen atoms in total. The van der Waals surface area contributed by atoms with Crippen molar-refractivity contribution in [1.82, 2.24) is 0 Å². The molecule has 1 aromatic carbocycles. The van der Waals surface area contributed by atoms with E-state index >= 15 is 0 Å². The van der Waals surface area contributed by atoms with E-state index < -0.39 is 6.10 Å². The Kier molecular flexibility index (Phi) is 5.12. The Morgan fingerprint density at radius 3 is 2.58 bits per heavy atom. The topological polar surface area (TPSA) is 29.5 Å². The second-order valence-corrected chi connectivity index (χ2v) is 5.96. The molecule has 0 heterocycles. The summed E-state index contributed by atoms with van der Waals surface area (Å²) in [5.74, 6) is 1.64. The Morgan fingerprint density at radius 2 is 2.00 bits per heavy atom. The van der Waals surface area contributed by atoms with Crippen molar-refractivity contribution in [2.45, 2.75) is 58.2 Å². The molecule has 1 N–H and O–H groups in total. The van der Waals surface area contributed by atoms with Gasteiger partial charge >= 0.3 is 0 Å². The molecule has 0 unspecified atom stereocenters. The van der Waals surface area contributed by atoms with Gasteiger partial charge in [-0.15, -0.1) is 0 Å². The number of aliphatic hydroxyl groups is 1. The number of rotatable bonds is 4. The lowest BCUT2D eigenvalue weighted by Crippen LogP contribution is -2.24. The van der Waals surface area contributed by atoms with Crippen molar-refractivity contribution in [2.75, 3.05) is 0 Å². The third-order valence-electron chi connectivity index (χ3n) is 4.09. The highest BCUT2D eigenvalue weighted by Crippen LogP contribution is 2.33. The van der Waals surface area contributed by atoms with Crippen LogP contribution in [0.4, 0.5) is 0 Å². The lowest BCUT2D eigenvalue weighted by Gasteiger charge is -2.29. The van der Waals surface area contributed by atoms with Crippen LogP contribution in [0.2, 0.25) is 5.02 Å². The molecule has 0 spiro atoms. The van der Waals surface area contributed by atoms with Gasteiger partial charge in [0.15, 0.2) is 0 Å². The monoisotopic (exact) mass is 282 g/mol. The molecule has 106 valence electrons. The van der Waals surface area contributed by atoms with Gasteiger partial charge in [0, 0.05) is 10.6 Å². The zero-order valence-corrected chi connectivity index (χ0v) is 12.5. The molecule has 0 radical (unpaired) electrons. The maximum Gasteiger partial charge on any atom is 0.125 e. The lowest BCUT2D eigenvalue weighted by atomic mass is 9.86. The van der Waals surface area contributed by atoms with Crippen LogP contribution in [0.15, 0.2) is 18.2 Å². The predicted octanol–water partition coefficient (Wildman–Crippen LogP) is 4.74. The molecule has 1 aliphatic carbocycles. The Morgan fingerprint density at radius 1 is 1.32 bits per heavy atom. The normalized spacial score (nSPS) is 25.1. The first-order valence-corrected chi connectivity index (χ1v) is 7.62. The van der Waals surface area contributed by atoms with E-state index in [9.17, 15) is 5.11 Å². The van der Waals surface area contributed by atoms with Crippen molar-refractivity contribution in [3.63, 3.8) is 0 Å². The molecule has 3 heteroatoms. The molecule has 1 saturated carbocycles. The van der Waals surface area contributed by atoms with E-state index in [1.807, 2.05) is 12.1 Å². The summed E-state index contributed by atoms with van der Waals surface area (Å²) in [6.45, 7) is 4.00. The third kappa shape index (κ3) is 3.87. The Bertz CT molecular complexity index is 409. The van der Waals surface area contributed by atoms with Crippen molar-refractivity contribution in [3.8, 4) is 5.75 Å². The molecule has 19 heavy (non-hydrogen) atoms. The molecule has 1 aromatic rings. The van der Waals surface area contributed by atoms with Crippen molar-refractivity contribution in [2.24, 2.45) is 5.92 Å². The number of halogens is 1. The largest absolute Gasteiger partial charge is 0.490 e. The maximum absolute atomic E-state index is 9.80. The minimum absolute atomic E-state index is 0.279. The molecule has 0 aromatic heterocycles. The van der Waals surface area contributed by atoms with E-state index in [4.69, 9.17) is 16.3 Å². The van der Waals surface area contributed by atoms with Crippen molar-refractivity contribution in [1.29, 1.82) is 0 Å². The standard InChI is InChI=1S/C16H23ClO2/c1-3-12-4-7-14(8-5-12)19-16-9-6-13(17)10-15(16)11(2)18/h6,9-12,14,18H,3-5,7-8H2,1-2H3/t11-,12?,14?/m0/s1. The molecule has 0 amide bonds. The average molecular weight is 283 g/mol. The van der Waals surface area contributed by atoms with E-state index in [-0.39, 0.29) is 6.10 Å². The molecule has 0 saturated heterocycles. The highest BCUT2D eigenvalue weighted by molar-refractivity contribution is 6.30. The number of hydrogen-bond acceptors (Lipinski definition) is 2. The summed E-state index contributed by atoms with van der Waals surface area (Å²) in [6, 6.07) is 5.48. The van der Waals surface area contributed by atoms with Crippen molar-refractivity contribution >= 4 is 11.6 Å². The molecule has 1 atom stereocenters. The van der Waals surface area contributed by atoms with Crippen LogP contribution in [0.5, 0.6) is 5.75 Å². The van der Waals surface area contributed by atoms with Gasteiger partial charge < -0.3 is 9.84 Å². The highest BCUT2D eigenvalue weighted by Gasteiger charge is 2.22. The van der Waals surface area contributed by atoms with E-state index in [1.165, 1.54) is 19.3 Å². The molecular weight excluding hydrogens is 260 g/mol. The van der Waals surface area contributed by atoms with Crippen molar-refractivity contribution in [3.05, 3.63) is 28.8 Å². The Hall–Kier alpha value is -0.730. The molecular formula is C16H23ClO2. The molecule has 1 aliphatic rings. The van der Waals surface area contributed by atoms with Gasteiger partial charge in [0.1, 0.15) is 5.75 Å². The number of ether oxygens (including phenoxy) is 1. The summed E-state index contributed by atoms with van der Waals surface area (Å²) < 4.78 is 6.08. The summed E-state index contributed by atoms with van der Waals surface area (Å²) >= 11 is 5.97. The van der Waals surface area contributed by atoms with Crippen LogP contribution >= 0.6 is 11.6 Å². The summed E-state index contributed by atoms with van der Waals surface area (Å²) in [4.78, 5) is 0. The summed E-state index contributed by atoms with van der Waals surface area (Å²) in [5, 5.41) is 10.4. The number of benzene rings is 1. The van der Waals surface area contributed by atoms with E-state index in [1.54, 1.807) is 13.0 Å². The molecule has 2 rings (SSSR count). The summed E-state index contributed by atoms with van der Waals surface area (Å²) in [6.07, 6.45) is 5.72. The van der Waals surface area contributed by atoms with Gasteiger partial charge in [-0.3, -0.25) is 0 Å². The van der Waals surface area contributed by atoms with Gasteiger partial charge in [-0.25, -0.2) is 0 Å². The molecule has 0 bridgehead atoms. The van der Waals surface area contributed by atoms with Gasteiger partial charge in [-0.1, -0.05) is 24.9 Å². The first-order valence-electron chi connectivity index (χ1n) is 7.24. The summed E-state index contributed by atoms with van der Waals surface area (Å²) in [5.41, 5.74) is 0.783. The number of hydrogen-bond donors (Lipinski definition) is 1. The zero-order valence-electron chi connectivity index (χ0n) is 11.7. The fourth-order valence-electron chi connectivity index (χ4n) is 2.79. The van der Waals surface area contributed by atoms with Crippen LogP contribution in [0.25, 0.3) is 0 Å². The van der Waals surface area contributed by atoms with Gasteiger partial charge in [0.2, 0.25) is 0 Å². The second-order valence-electron chi connectivity index (χ2n) is 5.53. The van der Waals surface area contributed by atoms with E-state index in [0.717, 1.165) is 30.1 Å². The molecule has 0 aliphatic heterocycles. The number of aliphatic hydroxyl groups excluding tert-OH is 1. The SMILES string of the molecule is CCC1CCC(Oc2ccc(Cl)cc2[C@H](C)O)CC1. The fourth-order valence-corrected chi connectivity index (χ4v) is 2.97. The van der Waals surface area contributed by atoms with Crippen LogP contribution < -0.4 is 4.74 Å². The summed E-state index contributed by atoms with van der Waals surface area (Å²) in [7, 11) is 0. The Balaban J connectivity index is 2.03. The first kappa shape index (κ1) is 14.7. The smallest absolute Gasteiger partial charge is 0.125 e. The lowest BCUT2D eigenvalue weighted by molar-refractivity contribution is 0.122. The molecule has 1 fully saturated rings. The third-order valence-corrected chi connectivity index (χ3v) is 4.32. The highest BCUT2D eigenvalue weighted by atomic mass is 35.5. The van der Waals surface area contributed by atoms with Gasteiger partial charge in [0.05, 0.1) is 12.2 Å². The van der Waals surface area contributed by atoms with Gasteiger partial charge in [-0.05, 0) is 56.7 Å². The minimum atomic E-state index is -0.555. The Labute approximate surface area is 120 Å². The average Bonchev–Trinajstić information content (AvgIpc) is 2.41. The zero-order chi connectivity index (χ0) is 13.8. The fraction of sp³-hybridized carbons (Fsp3) is 0.625. The second kappa shape index (κ2) is 6.62. The van der Waals surface area contributed by atoms with Crippen LogP contribution in [-0.4, -0.2) is 11.2 Å². The van der Waals surface area contributed by atoms with Crippen molar-refractivity contribution < 1.29 is 9.84 Å². The van der Waals surface area contributed by atoms with E-state index in [0.29, 0.717) is 5.02 Å². The first-order chi connectivity index (χ1) is 9.10. The minimum Gasteiger partial charge on any atom is -0.490 e. The maximum atomic E-state index is 9.80.